The van der Waals surface area contributed by atoms with Gasteiger partial charge in [0.25, 0.3) is 0 Å². The van der Waals surface area contributed by atoms with E-state index in [4.69, 9.17) is 4.74 Å². The Hall–Kier alpha value is -1.41. The van der Waals surface area contributed by atoms with Gasteiger partial charge in [-0.2, -0.15) is 0 Å². The summed E-state index contributed by atoms with van der Waals surface area (Å²) in [6.45, 7) is 2.05. The van der Waals surface area contributed by atoms with E-state index >= 15 is 0 Å². The first-order chi connectivity index (χ1) is 7.81. The smallest absolute Gasteiger partial charge is 0.140 e. The minimum Gasteiger partial charge on any atom is -0.456 e. The van der Waals surface area contributed by atoms with Crippen LogP contribution in [0.4, 0.5) is 0 Å². The molecule has 0 unspecified atom stereocenters. The fraction of sp³-hybridized carbons (Fsp3) is 0.143. The van der Waals surface area contributed by atoms with Crippen LogP contribution in [0.25, 0.3) is 0 Å². The summed E-state index contributed by atoms with van der Waals surface area (Å²) in [4.78, 5) is 1.16. The Morgan fingerprint density at radius 1 is 0.875 bits per heavy atom. The highest BCUT2D eigenvalue weighted by molar-refractivity contribution is 7.98. The molecule has 0 fully saturated rings. The lowest BCUT2D eigenvalue weighted by molar-refractivity contribution is 0.467. The van der Waals surface area contributed by atoms with Gasteiger partial charge < -0.3 is 4.74 Å². The molecular weight excluding hydrogens is 216 g/mol. The highest BCUT2D eigenvalue weighted by atomic mass is 32.2. The van der Waals surface area contributed by atoms with Crippen molar-refractivity contribution < 1.29 is 4.74 Å². The number of para-hydroxylation sites is 2. The molecule has 2 rings (SSSR count). The summed E-state index contributed by atoms with van der Waals surface area (Å²) in [6, 6.07) is 16.1. The van der Waals surface area contributed by atoms with Crippen molar-refractivity contribution in [1.82, 2.24) is 0 Å². The zero-order valence-corrected chi connectivity index (χ0v) is 10.3. The molecule has 0 spiro atoms. The minimum absolute atomic E-state index is 0.920. The molecular formula is C14H14OS. The second-order valence-corrected chi connectivity index (χ2v) is 4.37. The Kier molecular flexibility index (Phi) is 3.52. The standard InChI is InChI=1S/C14H14OS/c1-11-7-3-4-8-12(11)15-13-9-5-6-10-14(13)16-2/h3-10H,1-2H3. The summed E-state index contributed by atoms with van der Waals surface area (Å²) >= 11 is 1.70. The molecule has 1 nitrogen and oxygen atoms in total. The third kappa shape index (κ3) is 2.39. The van der Waals surface area contributed by atoms with E-state index in [9.17, 15) is 0 Å². The van der Waals surface area contributed by atoms with Gasteiger partial charge in [-0.05, 0) is 36.9 Å². The summed E-state index contributed by atoms with van der Waals surface area (Å²) < 4.78 is 5.91. The molecule has 2 heteroatoms. The summed E-state index contributed by atoms with van der Waals surface area (Å²) in [5, 5.41) is 0. The van der Waals surface area contributed by atoms with Crippen molar-refractivity contribution in [2.24, 2.45) is 0 Å². The predicted octanol–water partition coefficient (Wildman–Crippen LogP) is 4.51. The molecule has 0 aliphatic heterocycles. The van der Waals surface area contributed by atoms with Crippen LogP contribution in [0.2, 0.25) is 0 Å². The van der Waals surface area contributed by atoms with E-state index in [-0.39, 0.29) is 0 Å². The molecule has 0 aliphatic rings. The van der Waals surface area contributed by atoms with Crippen LogP contribution in [0.3, 0.4) is 0 Å². The van der Waals surface area contributed by atoms with Crippen LogP contribution in [0.1, 0.15) is 5.56 Å². The first kappa shape index (κ1) is 11.1. The molecule has 0 radical (unpaired) electrons. The van der Waals surface area contributed by atoms with Gasteiger partial charge in [0, 0.05) is 4.90 Å². The number of aryl methyl sites for hydroxylation is 1. The molecule has 0 atom stereocenters. The van der Waals surface area contributed by atoms with Gasteiger partial charge in [0.05, 0.1) is 0 Å². The first-order valence-electron chi connectivity index (χ1n) is 5.18. The van der Waals surface area contributed by atoms with E-state index in [1.54, 1.807) is 11.8 Å². The molecule has 2 aromatic carbocycles. The molecule has 0 saturated carbocycles. The van der Waals surface area contributed by atoms with Crippen molar-refractivity contribution in [1.29, 1.82) is 0 Å². The number of thioether (sulfide) groups is 1. The maximum atomic E-state index is 5.91. The van der Waals surface area contributed by atoms with Crippen LogP contribution in [0, 0.1) is 6.92 Å². The third-order valence-corrected chi connectivity index (χ3v) is 3.16. The molecule has 2 aromatic rings. The van der Waals surface area contributed by atoms with E-state index < -0.39 is 0 Å². The maximum absolute atomic E-state index is 5.91. The van der Waals surface area contributed by atoms with Crippen LogP contribution in [-0.2, 0) is 0 Å². The number of rotatable bonds is 3. The van der Waals surface area contributed by atoms with Gasteiger partial charge >= 0.3 is 0 Å². The molecule has 16 heavy (non-hydrogen) atoms. The summed E-state index contributed by atoms with van der Waals surface area (Å²) in [6.07, 6.45) is 2.06. The molecule has 0 heterocycles. The van der Waals surface area contributed by atoms with Gasteiger partial charge in [-0.15, -0.1) is 11.8 Å². The normalized spacial score (nSPS) is 10.1. The highest BCUT2D eigenvalue weighted by Gasteiger charge is 2.04. The quantitative estimate of drug-likeness (QED) is 0.717. The molecule has 0 N–H and O–H groups in total. The lowest BCUT2D eigenvalue weighted by atomic mass is 10.2. The lowest BCUT2D eigenvalue weighted by Gasteiger charge is -2.11. The van der Waals surface area contributed by atoms with E-state index in [1.807, 2.05) is 36.4 Å². The van der Waals surface area contributed by atoms with Crippen molar-refractivity contribution in [2.45, 2.75) is 11.8 Å². The average molecular weight is 230 g/mol. The van der Waals surface area contributed by atoms with E-state index in [1.165, 1.54) is 0 Å². The van der Waals surface area contributed by atoms with E-state index in [0.29, 0.717) is 0 Å². The largest absolute Gasteiger partial charge is 0.456 e. The third-order valence-electron chi connectivity index (χ3n) is 2.38. The topological polar surface area (TPSA) is 9.23 Å². The van der Waals surface area contributed by atoms with Crippen molar-refractivity contribution in [3.8, 4) is 11.5 Å². The van der Waals surface area contributed by atoms with Crippen molar-refractivity contribution in [3.05, 3.63) is 54.1 Å². The van der Waals surface area contributed by atoms with Gasteiger partial charge in [0.2, 0.25) is 0 Å². The fourth-order valence-electron chi connectivity index (χ4n) is 1.49. The fourth-order valence-corrected chi connectivity index (χ4v) is 2.02. The summed E-state index contributed by atoms with van der Waals surface area (Å²) in [5.74, 6) is 1.84. The minimum atomic E-state index is 0.920. The van der Waals surface area contributed by atoms with Gasteiger partial charge in [0.1, 0.15) is 11.5 Å². The summed E-state index contributed by atoms with van der Waals surface area (Å²) in [5.41, 5.74) is 1.15. The molecule has 0 aliphatic carbocycles. The zero-order valence-electron chi connectivity index (χ0n) is 9.44. The number of hydrogen-bond acceptors (Lipinski definition) is 2. The van der Waals surface area contributed by atoms with E-state index in [2.05, 4.69) is 25.3 Å². The van der Waals surface area contributed by atoms with Crippen molar-refractivity contribution in [2.75, 3.05) is 6.26 Å². The Morgan fingerprint density at radius 3 is 2.19 bits per heavy atom. The number of hydrogen-bond donors (Lipinski definition) is 0. The molecule has 0 bridgehead atoms. The SMILES string of the molecule is CSc1ccccc1Oc1ccccc1C. The van der Waals surface area contributed by atoms with Crippen molar-refractivity contribution >= 4 is 11.8 Å². The lowest BCUT2D eigenvalue weighted by Crippen LogP contribution is -1.88. The van der Waals surface area contributed by atoms with Crippen LogP contribution >= 0.6 is 11.8 Å². The Balaban J connectivity index is 2.30. The van der Waals surface area contributed by atoms with Crippen molar-refractivity contribution in [3.63, 3.8) is 0 Å². The Labute approximate surface area is 100 Å². The van der Waals surface area contributed by atoms with Gasteiger partial charge in [-0.1, -0.05) is 30.3 Å². The molecule has 82 valence electrons. The molecule has 0 aromatic heterocycles. The molecule has 0 amide bonds. The Morgan fingerprint density at radius 2 is 1.50 bits per heavy atom. The van der Waals surface area contributed by atoms with Crippen LogP contribution in [0.15, 0.2) is 53.4 Å². The predicted molar refractivity (Wildman–Crippen MR) is 69.5 cm³/mol. The van der Waals surface area contributed by atoms with Crippen LogP contribution in [-0.4, -0.2) is 6.26 Å². The zero-order chi connectivity index (χ0) is 11.4. The molecule has 0 saturated heterocycles. The second kappa shape index (κ2) is 5.08. The van der Waals surface area contributed by atoms with Crippen LogP contribution < -0.4 is 4.74 Å². The first-order valence-corrected chi connectivity index (χ1v) is 6.40. The monoisotopic (exact) mass is 230 g/mol. The van der Waals surface area contributed by atoms with Gasteiger partial charge in [-0.25, -0.2) is 0 Å². The average Bonchev–Trinajstić information content (AvgIpc) is 2.33. The second-order valence-electron chi connectivity index (χ2n) is 3.52. The Bertz CT molecular complexity index is 480. The highest BCUT2D eigenvalue weighted by Crippen LogP contribution is 2.32. The summed E-state index contributed by atoms with van der Waals surface area (Å²) in [7, 11) is 0. The maximum Gasteiger partial charge on any atom is 0.140 e. The number of benzene rings is 2. The van der Waals surface area contributed by atoms with Crippen LogP contribution in [0.5, 0.6) is 11.5 Å². The van der Waals surface area contributed by atoms with Gasteiger partial charge in [0.15, 0.2) is 0 Å². The van der Waals surface area contributed by atoms with E-state index in [0.717, 1.165) is 22.0 Å². The number of ether oxygens (including phenoxy) is 1. The van der Waals surface area contributed by atoms with Gasteiger partial charge in [-0.3, -0.25) is 0 Å².